The van der Waals surface area contributed by atoms with Crippen LogP contribution < -0.4 is 10.5 Å². The number of thiocarbonyl (C=S) groups is 1. The van der Waals surface area contributed by atoms with Gasteiger partial charge in [-0.25, -0.2) is 4.98 Å². The second-order valence-corrected chi connectivity index (χ2v) is 5.03. The normalized spacial score (nSPS) is 10.8. The van der Waals surface area contributed by atoms with Gasteiger partial charge in [0.25, 0.3) is 0 Å². The maximum absolute atomic E-state index is 5.75. The van der Waals surface area contributed by atoms with Gasteiger partial charge < -0.3 is 10.5 Å². The number of pyridine rings is 1. The fraction of sp³-hybridized carbons (Fsp3) is 0.286. The quantitative estimate of drug-likeness (QED) is 0.859. The van der Waals surface area contributed by atoms with Gasteiger partial charge in [0.15, 0.2) is 0 Å². The van der Waals surface area contributed by atoms with Crippen LogP contribution in [-0.2, 0) is 0 Å². The molecule has 18 heavy (non-hydrogen) atoms. The number of hydrogen-bond acceptors (Lipinski definition) is 3. The highest BCUT2D eigenvalue weighted by molar-refractivity contribution is 7.80. The average Bonchev–Trinajstić information content (AvgIpc) is 2.35. The Bertz CT molecular complexity index is 581. The van der Waals surface area contributed by atoms with E-state index in [-0.39, 0.29) is 0 Å². The lowest BCUT2D eigenvalue weighted by molar-refractivity contribution is 0.262. The van der Waals surface area contributed by atoms with Crippen LogP contribution in [0.5, 0.6) is 5.88 Å². The Morgan fingerprint density at radius 1 is 1.39 bits per heavy atom. The van der Waals surface area contributed by atoms with Gasteiger partial charge in [-0.15, -0.1) is 0 Å². The Hall–Kier alpha value is -1.68. The second kappa shape index (κ2) is 5.31. The molecule has 0 aliphatic heterocycles. The van der Waals surface area contributed by atoms with Gasteiger partial charge in [-0.1, -0.05) is 44.3 Å². The van der Waals surface area contributed by atoms with Crippen LogP contribution in [0.15, 0.2) is 30.3 Å². The third-order valence-electron chi connectivity index (χ3n) is 2.52. The van der Waals surface area contributed by atoms with E-state index in [0.717, 1.165) is 16.5 Å². The summed E-state index contributed by atoms with van der Waals surface area (Å²) in [4.78, 5) is 4.82. The molecule has 0 fully saturated rings. The zero-order valence-electron chi connectivity index (χ0n) is 10.5. The summed E-state index contributed by atoms with van der Waals surface area (Å²) in [5.74, 6) is 1.02. The number of ether oxygens (including phenoxy) is 1. The topological polar surface area (TPSA) is 48.1 Å². The molecule has 0 aliphatic rings. The lowest BCUT2D eigenvalue weighted by Crippen LogP contribution is -2.12. The number of nitrogens with zero attached hydrogens (tertiary/aromatic N) is 1. The number of rotatable bonds is 4. The molecule has 1 heterocycles. The van der Waals surface area contributed by atoms with E-state index >= 15 is 0 Å². The lowest BCUT2D eigenvalue weighted by atomic mass is 10.1. The molecule has 0 saturated carbocycles. The predicted octanol–water partition coefficient (Wildman–Crippen LogP) is 2.90. The van der Waals surface area contributed by atoms with Crippen LogP contribution in [0.4, 0.5) is 0 Å². The van der Waals surface area contributed by atoms with E-state index in [4.69, 9.17) is 22.7 Å². The third kappa shape index (κ3) is 2.76. The summed E-state index contributed by atoms with van der Waals surface area (Å²) in [7, 11) is 0. The first kappa shape index (κ1) is 12.8. The molecule has 0 bridgehead atoms. The van der Waals surface area contributed by atoms with Gasteiger partial charge in [0.05, 0.1) is 12.1 Å². The highest BCUT2D eigenvalue weighted by Crippen LogP contribution is 2.22. The van der Waals surface area contributed by atoms with Gasteiger partial charge in [0.2, 0.25) is 5.88 Å². The zero-order valence-corrected chi connectivity index (χ0v) is 11.3. The maximum Gasteiger partial charge on any atom is 0.214 e. The molecule has 0 spiro atoms. The van der Waals surface area contributed by atoms with Gasteiger partial charge >= 0.3 is 0 Å². The van der Waals surface area contributed by atoms with Crippen LogP contribution in [0, 0.1) is 5.92 Å². The summed E-state index contributed by atoms with van der Waals surface area (Å²) in [5, 5.41) is 0.960. The predicted molar refractivity (Wildman–Crippen MR) is 78.0 cm³/mol. The van der Waals surface area contributed by atoms with Crippen molar-refractivity contribution < 1.29 is 4.74 Å². The summed E-state index contributed by atoms with van der Waals surface area (Å²) in [6.07, 6.45) is 0. The number of aromatic nitrogens is 1. The second-order valence-electron chi connectivity index (χ2n) is 4.59. The molecule has 94 valence electrons. The fourth-order valence-electron chi connectivity index (χ4n) is 1.68. The van der Waals surface area contributed by atoms with Crippen molar-refractivity contribution in [1.82, 2.24) is 4.98 Å². The molecule has 0 radical (unpaired) electrons. The molecule has 0 aliphatic carbocycles. The Kier molecular flexibility index (Phi) is 3.77. The molecule has 2 N–H and O–H groups in total. The Labute approximate surface area is 112 Å². The average molecular weight is 260 g/mol. The summed E-state index contributed by atoms with van der Waals surface area (Å²) < 4.78 is 5.64. The Balaban J connectivity index is 2.47. The molecule has 0 unspecified atom stereocenters. The van der Waals surface area contributed by atoms with Gasteiger partial charge in [0.1, 0.15) is 4.99 Å². The molecular formula is C14H16N2OS. The van der Waals surface area contributed by atoms with E-state index in [1.165, 1.54) is 0 Å². The minimum Gasteiger partial charge on any atom is -0.477 e. The largest absolute Gasteiger partial charge is 0.477 e. The number of nitrogens with two attached hydrogens (primary N) is 1. The molecule has 0 atom stereocenters. The highest BCUT2D eigenvalue weighted by atomic mass is 32.1. The van der Waals surface area contributed by atoms with Crippen LogP contribution in [0.3, 0.4) is 0 Å². The minimum atomic E-state index is 0.364. The molecule has 1 aromatic carbocycles. The van der Waals surface area contributed by atoms with Crippen LogP contribution in [0.1, 0.15) is 19.4 Å². The summed E-state index contributed by atoms with van der Waals surface area (Å²) >= 11 is 5.08. The van der Waals surface area contributed by atoms with Crippen molar-refractivity contribution in [2.45, 2.75) is 13.8 Å². The SMILES string of the molecule is CC(C)COc1cc(C(N)=S)c2ccccc2n1. The molecule has 0 saturated heterocycles. The van der Waals surface area contributed by atoms with Crippen molar-refractivity contribution in [3.63, 3.8) is 0 Å². The number of benzene rings is 1. The van der Waals surface area contributed by atoms with Crippen LogP contribution in [0.2, 0.25) is 0 Å². The van der Waals surface area contributed by atoms with E-state index in [9.17, 15) is 0 Å². The van der Waals surface area contributed by atoms with Gasteiger partial charge in [-0.05, 0) is 12.0 Å². The smallest absolute Gasteiger partial charge is 0.214 e. The molecule has 2 aromatic rings. The van der Waals surface area contributed by atoms with Crippen molar-refractivity contribution in [3.05, 3.63) is 35.9 Å². The first-order chi connectivity index (χ1) is 8.58. The van der Waals surface area contributed by atoms with Crippen molar-refractivity contribution in [3.8, 4) is 5.88 Å². The minimum absolute atomic E-state index is 0.364. The molecule has 2 rings (SSSR count). The molecule has 1 aromatic heterocycles. The lowest BCUT2D eigenvalue weighted by Gasteiger charge is -2.11. The third-order valence-corrected chi connectivity index (χ3v) is 2.74. The summed E-state index contributed by atoms with van der Waals surface area (Å²) in [6.45, 7) is 4.81. The number of para-hydroxylation sites is 1. The van der Waals surface area contributed by atoms with Gasteiger partial charge in [-0.3, -0.25) is 0 Å². The van der Waals surface area contributed by atoms with E-state index in [1.54, 1.807) is 0 Å². The summed E-state index contributed by atoms with van der Waals surface area (Å²) in [6, 6.07) is 9.58. The van der Waals surface area contributed by atoms with Crippen molar-refractivity contribution in [2.24, 2.45) is 11.7 Å². The van der Waals surface area contributed by atoms with Crippen molar-refractivity contribution in [2.75, 3.05) is 6.61 Å². The van der Waals surface area contributed by atoms with E-state index in [1.807, 2.05) is 30.3 Å². The van der Waals surface area contributed by atoms with Crippen molar-refractivity contribution in [1.29, 1.82) is 0 Å². The van der Waals surface area contributed by atoms with Crippen LogP contribution in [-0.4, -0.2) is 16.6 Å². The first-order valence-corrected chi connectivity index (χ1v) is 6.31. The van der Waals surface area contributed by atoms with Crippen LogP contribution in [0.25, 0.3) is 10.9 Å². The van der Waals surface area contributed by atoms with E-state index in [2.05, 4.69) is 18.8 Å². The van der Waals surface area contributed by atoms with Crippen molar-refractivity contribution >= 4 is 28.1 Å². The fourth-order valence-corrected chi connectivity index (χ4v) is 1.85. The summed E-state index contributed by atoms with van der Waals surface area (Å²) in [5.41, 5.74) is 7.42. The monoisotopic (exact) mass is 260 g/mol. The zero-order chi connectivity index (χ0) is 13.1. The number of fused-ring (bicyclic) bond motifs is 1. The van der Waals surface area contributed by atoms with Gasteiger partial charge in [-0.2, -0.15) is 0 Å². The molecule has 3 nitrogen and oxygen atoms in total. The molecular weight excluding hydrogens is 244 g/mol. The van der Waals surface area contributed by atoms with Gasteiger partial charge in [0, 0.05) is 17.0 Å². The maximum atomic E-state index is 5.75. The molecule has 0 amide bonds. The standard InChI is InChI=1S/C14H16N2OS/c1-9(2)8-17-13-7-11(14(15)18)10-5-3-4-6-12(10)16-13/h3-7,9H,8H2,1-2H3,(H2,15,18). The van der Waals surface area contributed by atoms with E-state index in [0.29, 0.717) is 23.4 Å². The first-order valence-electron chi connectivity index (χ1n) is 5.90. The molecule has 4 heteroatoms. The van der Waals surface area contributed by atoms with Crippen LogP contribution >= 0.6 is 12.2 Å². The Morgan fingerprint density at radius 3 is 2.78 bits per heavy atom. The number of hydrogen-bond donors (Lipinski definition) is 1. The van der Waals surface area contributed by atoms with E-state index < -0.39 is 0 Å². The highest BCUT2D eigenvalue weighted by Gasteiger charge is 2.08. The Morgan fingerprint density at radius 2 is 2.11 bits per heavy atom.